The predicted molar refractivity (Wildman–Crippen MR) is 73.4 cm³/mol. The van der Waals surface area contributed by atoms with Crippen molar-refractivity contribution in [3.63, 3.8) is 0 Å². The minimum atomic E-state index is 0.558. The Labute approximate surface area is 112 Å². The number of hydrogen-bond acceptors (Lipinski definition) is 3. The maximum absolute atomic E-state index is 5.79. The summed E-state index contributed by atoms with van der Waals surface area (Å²) in [5.74, 6) is 0. The lowest BCUT2D eigenvalue weighted by Gasteiger charge is -2.15. The fourth-order valence-electron chi connectivity index (χ4n) is 1.35. The molecule has 0 fully saturated rings. The Morgan fingerprint density at radius 1 is 1.38 bits per heavy atom. The van der Waals surface area contributed by atoms with Crippen LogP contribution in [0.2, 0.25) is 5.15 Å². The van der Waals surface area contributed by atoms with Crippen molar-refractivity contribution in [2.75, 3.05) is 11.9 Å². The molecule has 0 amide bonds. The molecule has 1 aromatic carbocycles. The zero-order chi connectivity index (χ0) is 11.5. The summed E-state index contributed by atoms with van der Waals surface area (Å²) in [6, 6.07) is 8.27. The average molecular weight is 318 g/mol. The number of hydrogen-bond donors (Lipinski definition) is 0. The Bertz CT molecular complexity index is 469. The van der Waals surface area contributed by atoms with E-state index in [-0.39, 0.29) is 0 Å². The summed E-state index contributed by atoms with van der Waals surface area (Å²) in [6.07, 6.45) is 0. The SMILES string of the molecule is CN(Cc1ccc(Br)cc1)c1nc(Cl)cs1. The second-order valence-corrected chi connectivity index (χ2v) is 5.57. The zero-order valence-corrected chi connectivity index (χ0v) is 11.8. The summed E-state index contributed by atoms with van der Waals surface area (Å²) in [5, 5.41) is 3.34. The molecule has 0 bridgehead atoms. The number of rotatable bonds is 3. The first-order chi connectivity index (χ1) is 7.65. The standard InChI is InChI=1S/C11H10BrClN2S/c1-15(11-14-10(13)7-16-11)6-8-2-4-9(12)5-3-8/h2-5,7H,6H2,1H3. The van der Waals surface area contributed by atoms with Crippen LogP contribution in [-0.2, 0) is 6.54 Å². The van der Waals surface area contributed by atoms with Crippen LogP contribution in [0.1, 0.15) is 5.56 Å². The highest BCUT2D eigenvalue weighted by molar-refractivity contribution is 9.10. The molecule has 5 heteroatoms. The average Bonchev–Trinajstić information content (AvgIpc) is 2.68. The van der Waals surface area contributed by atoms with Crippen molar-refractivity contribution in [3.05, 3.63) is 44.8 Å². The number of benzene rings is 1. The maximum Gasteiger partial charge on any atom is 0.186 e. The van der Waals surface area contributed by atoms with Crippen molar-refractivity contribution in [2.24, 2.45) is 0 Å². The van der Waals surface area contributed by atoms with Gasteiger partial charge in [-0.25, -0.2) is 4.98 Å². The lowest BCUT2D eigenvalue weighted by molar-refractivity contribution is 0.914. The van der Waals surface area contributed by atoms with Crippen LogP contribution in [0.25, 0.3) is 0 Å². The number of nitrogens with zero attached hydrogens (tertiary/aromatic N) is 2. The summed E-state index contributed by atoms with van der Waals surface area (Å²) in [6.45, 7) is 0.830. The van der Waals surface area contributed by atoms with E-state index in [4.69, 9.17) is 11.6 Å². The van der Waals surface area contributed by atoms with Crippen molar-refractivity contribution >= 4 is 44.0 Å². The first-order valence-corrected chi connectivity index (χ1v) is 6.77. The highest BCUT2D eigenvalue weighted by atomic mass is 79.9. The van der Waals surface area contributed by atoms with Crippen LogP contribution in [0, 0.1) is 0 Å². The van der Waals surface area contributed by atoms with Gasteiger partial charge in [-0.3, -0.25) is 0 Å². The van der Waals surface area contributed by atoms with Gasteiger partial charge in [-0.15, -0.1) is 11.3 Å². The molecule has 0 aliphatic carbocycles. The van der Waals surface area contributed by atoms with E-state index >= 15 is 0 Å². The molecule has 0 unspecified atom stereocenters. The van der Waals surface area contributed by atoms with Crippen molar-refractivity contribution in [2.45, 2.75) is 6.54 Å². The van der Waals surface area contributed by atoms with Crippen LogP contribution in [0.5, 0.6) is 0 Å². The number of aromatic nitrogens is 1. The van der Waals surface area contributed by atoms with E-state index in [1.54, 1.807) is 11.3 Å². The molecule has 0 saturated carbocycles. The molecule has 16 heavy (non-hydrogen) atoms. The van der Waals surface area contributed by atoms with E-state index in [1.165, 1.54) is 5.56 Å². The van der Waals surface area contributed by atoms with Crippen molar-refractivity contribution in [3.8, 4) is 0 Å². The summed E-state index contributed by atoms with van der Waals surface area (Å²) < 4.78 is 1.09. The minimum Gasteiger partial charge on any atom is -0.347 e. The van der Waals surface area contributed by atoms with Gasteiger partial charge in [0, 0.05) is 23.4 Å². The van der Waals surface area contributed by atoms with Crippen LogP contribution in [0.15, 0.2) is 34.1 Å². The normalized spacial score (nSPS) is 10.4. The van der Waals surface area contributed by atoms with Crippen LogP contribution in [-0.4, -0.2) is 12.0 Å². The van der Waals surface area contributed by atoms with Gasteiger partial charge in [-0.2, -0.15) is 0 Å². The van der Waals surface area contributed by atoms with E-state index < -0.39 is 0 Å². The molecule has 0 spiro atoms. The molecule has 0 saturated heterocycles. The monoisotopic (exact) mass is 316 g/mol. The lowest BCUT2D eigenvalue weighted by atomic mass is 10.2. The van der Waals surface area contributed by atoms with Crippen LogP contribution in [0.4, 0.5) is 5.13 Å². The highest BCUT2D eigenvalue weighted by Crippen LogP contribution is 2.23. The third-order valence-electron chi connectivity index (χ3n) is 2.12. The van der Waals surface area contributed by atoms with Crippen molar-refractivity contribution < 1.29 is 0 Å². The Balaban J connectivity index is 2.07. The second-order valence-electron chi connectivity index (χ2n) is 3.44. The molecule has 0 N–H and O–H groups in total. The zero-order valence-electron chi connectivity index (χ0n) is 8.65. The predicted octanol–water partition coefficient (Wildman–Crippen LogP) is 4.20. The summed E-state index contributed by atoms with van der Waals surface area (Å²) in [7, 11) is 2.01. The molecule has 2 nitrogen and oxygen atoms in total. The van der Waals surface area contributed by atoms with Gasteiger partial charge >= 0.3 is 0 Å². The quantitative estimate of drug-likeness (QED) is 0.843. The Morgan fingerprint density at radius 3 is 2.62 bits per heavy atom. The van der Waals surface area contributed by atoms with Crippen LogP contribution >= 0.6 is 38.9 Å². The molecule has 2 rings (SSSR count). The van der Waals surface area contributed by atoms with Gasteiger partial charge in [-0.1, -0.05) is 39.7 Å². The van der Waals surface area contributed by atoms with Gasteiger partial charge in [0.15, 0.2) is 5.13 Å². The number of anilines is 1. The van der Waals surface area contributed by atoms with Gasteiger partial charge in [-0.05, 0) is 17.7 Å². The Morgan fingerprint density at radius 2 is 2.06 bits per heavy atom. The van der Waals surface area contributed by atoms with Gasteiger partial charge < -0.3 is 4.90 Å². The molecular weight excluding hydrogens is 308 g/mol. The van der Waals surface area contributed by atoms with Gasteiger partial charge in [0.05, 0.1) is 0 Å². The lowest BCUT2D eigenvalue weighted by Crippen LogP contribution is -2.15. The molecule has 0 atom stereocenters. The Hall–Kier alpha value is -0.580. The van der Waals surface area contributed by atoms with E-state index in [0.29, 0.717) is 5.15 Å². The molecule has 0 radical (unpaired) electrons. The van der Waals surface area contributed by atoms with E-state index in [0.717, 1.165) is 16.1 Å². The molecule has 0 aliphatic rings. The largest absolute Gasteiger partial charge is 0.347 e. The third kappa shape index (κ3) is 2.97. The van der Waals surface area contributed by atoms with Crippen LogP contribution < -0.4 is 4.90 Å². The van der Waals surface area contributed by atoms with E-state index in [2.05, 4.69) is 37.9 Å². The molecule has 2 aromatic rings. The first kappa shape index (κ1) is 11.9. The maximum atomic E-state index is 5.79. The smallest absolute Gasteiger partial charge is 0.186 e. The number of halogens is 2. The third-order valence-corrected chi connectivity index (χ3v) is 3.93. The molecular formula is C11H10BrClN2S. The molecule has 84 valence electrons. The molecule has 1 aromatic heterocycles. The van der Waals surface area contributed by atoms with Crippen molar-refractivity contribution in [1.29, 1.82) is 0 Å². The van der Waals surface area contributed by atoms with E-state index in [9.17, 15) is 0 Å². The molecule has 1 heterocycles. The van der Waals surface area contributed by atoms with E-state index in [1.807, 2.05) is 24.6 Å². The highest BCUT2D eigenvalue weighted by Gasteiger charge is 2.06. The number of thiazole rings is 1. The van der Waals surface area contributed by atoms with Crippen LogP contribution in [0.3, 0.4) is 0 Å². The fourth-order valence-corrected chi connectivity index (χ4v) is 2.53. The topological polar surface area (TPSA) is 16.1 Å². The van der Waals surface area contributed by atoms with Gasteiger partial charge in [0.2, 0.25) is 0 Å². The summed E-state index contributed by atoms with van der Waals surface area (Å²) in [4.78, 5) is 6.31. The summed E-state index contributed by atoms with van der Waals surface area (Å²) in [5.41, 5.74) is 1.25. The minimum absolute atomic E-state index is 0.558. The van der Waals surface area contributed by atoms with Crippen molar-refractivity contribution in [1.82, 2.24) is 4.98 Å². The Kier molecular flexibility index (Phi) is 3.84. The van der Waals surface area contributed by atoms with Gasteiger partial charge in [0.1, 0.15) is 5.15 Å². The summed E-state index contributed by atoms with van der Waals surface area (Å²) >= 11 is 10.8. The molecule has 0 aliphatic heterocycles. The fraction of sp³-hybridized carbons (Fsp3) is 0.182. The second kappa shape index (κ2) is 5.17. The van der Waals surface area contributed by atoms with Gasteiger partial charge in [0.25, 0.3) is 0 Å². The first-order valence-electron chi connectivity index (χ1n) is 4.72.